The predicted octanol–water partition coefficient (Wildman–Crippen LogP) is 0.900. The van der Waals surface area contributed by atoms with Gasteiger partial charge in [-0.15, -0.1) is 5.10 Å². The smallest absolute Gasteiger partial charge is 0.462 e. The third kappa shape index (κ3) is 6.37. The van der Waals surface area contributed by atoms with Crippen LogP contribution in [0.2, 0.25) is 5.02 Å². The lowest BCUT2D eigenvalue weighted by molar-refractivity contribution is -0.149. The molecule has 1 fully saturated rings. The van der Waals surface area contributed by atoms with Gasteiger partial charge in [-0.05, 0) is 52.0 Å². The van der Waals surface area contributed by atoms with Gasteiger partial charge in [0.25, 0.3) is 5.56 Å². The van der Waals surface area contributed by atoms with Crippen molar-refractivity contribution in [2.45, 2.75) is 63.8 Å². The Hall–Kier alpha value is -2.88. The lowest BCUT2D eigenvalue weighted by Gasteiger charge is -2.25. The molecule has 0 radical (unpaired) electrons. The minimum absolute atomic E-state index is 0.00463. The number of carbonyl (C=O) groups is 1. The molecule has 0 aliphatic carbocycles. The van der Waals surface area contributed by atoms with Gasteiger partial charge in [-0.1, -0.05) is 16.7 Å². The monoisotopic (exact) mass is 601 g/mol. The van der Waals surface area contributed by atoms with E-state index in [4.69, 9.17) is 35.9 Å². The number of aliphatic hydroxyl groups excluding tert-OH is 1. The Bertz CT molecular complexity index is 1420. The number of H-pyrrole nitrogens is 1. The van der Waals surface area contributed by atoms with Gasteiger partial charge in [0.05, 0.1) is 12.3 Å². The highest BCUT2D eigenvalue weighted by molar-refractivity contribution is 7.58. The Morgan fingerprint density at radius 2 is 2.02 bits per heavy atom. The molecule has 4 rings (SSSR count). The van der Waals surface area contributed by atoms with Crippen LogP contribution in [-0.2, 0) is 18.8 Å². The van der Waals surface area contributed by atoms with Crippen LogP contribution >= 0.6 is 19.7 Å². The molecule has 1 aliphatic rings. The number of anilines is 1. The second kappa shape index (κ2) is 11.5. The fourth-order valence-electron chi connectivity index (χ4n) is 4.02. The molecule has 0 amide bonds. The average Bonchev–Trinajstić information content (AvgIpc) is 3.37. The number of imidazole rings is 1. The number of hydrogen-bond acceptors (Lipinski definition) is 13. The van der Waals surface area contributed by atoms with E-state index in [1.807, 2.05) is 0 Å². The predicted molar refractivity (Wildman–Crippen MR) is 143 cm³/mol. The van der Waals surface area contributed by atoms with E-state index in [0.717, 1.165) is 4.52 Å². The number of halogens is 1. The summed E-state index contributed by atoms with van der Waals surface area (Å²) in [5, 5.41) is 29.2. The summed E-state index contributed by atoms with van der Waals surface area (Å²) in [6, 6.07) is 4.99. The van der Waals surface area contributed by atoms with Gasteiger partial charge in [-0.2, -0.15) is 9.42 Å². The largest absolute Gasteiger partial charge is 0.544 e. The van der Waals surface area contributed by atoms with Crippen molar-refractivity contribution in [3.8, 4) is 5.75 Å². The molecule has 2 aromatic heterocycles. The molecule has 3 aromatic rings. The Labute approximate surface area is 233 Å². The number of carbonyl (C=O) groups excluding carboxylic acids is 1. The second-order valence-electron chi connectivity index (χ2n) is 9.68. The summed E-state index contributed by atoms with van der Waals surface area (Å²) in [4.78, 5) is 42.4. The number of nitrogens with zero attached hydrogens (tertiary/aromatic N) is 3. The number of aliphatic hydroxyl groups is 2. The quantitative estimate of drug-likeness (QED) is 0.141. The number of ether oxygens (including phenoxy) is 2. The molecule has 218 valence electrons. The van der Waals surface area contributed by atoms with Crippen molar-refractivity contribution >= 4 is 37.1 Å². The fourth-order valence-corrected chi connectivity index (χ4v) is 5.67. The minimum Gasteiger partial charge on any atom is -0.462 e. The number of aromatic amines is 1. The van der Waals surface area contributed by atoms with Gasteiger partial charge in [-0.3, -0.25) is 19.1 Å². The molecule has 6 atom stereocenters. The molecule has 2 unspecified atom stereocenters. The Morgan fingerprint density at radius 1 is 1.35 bits per heavy atom. The zero-order valence-corrected chi connectivity index (χ0v) is 23.7. The molecule has 40 heavy (non-hydrogen) atoms. The van der Waals surface area contributed by atoms with Crippen molar-refractivity contribution in [2.75, 3.05) is 12.3 Å². The first-order valence-electron chi connectivity index (χ1n) is 12.2. The van der Waals surface area contributed by atoms with Crippen LogP contribution in [0.15, 0.2) is 35.3 Å². The molecule has 3 heterocycles. The molecular weight excluding hydrogens is 571 g/mol. The second-order valence-corrected chi connectivity index (χ2v) is 11.9. The summed E-state index contributed by atoms with van der Waals surface area (Å²) in [6.07, 6.45) is -3.21. The fraction of sp³-hybridized carbons (Fsp3) is 0.478. The number of nitrogens with two attached hydrogens (primary N) is 1. The molecular formula is C23H31ClN6O9P+. The van der Waals surface area contributed by atoms with Gasteiger partial charge in [-0.25, -0.2) is 9.50 Å². The topological polar surface area (TPSA) is 216 Å². The van der Waals surface area contributed by atoms with Crippen LogP contribution in [0.1, 0.15) is 39.6 Å². The minimum atomic E-state index is -4.07. The van der Waals surface area contributed by atoms with Crippen molar-refractivity contribution in [3.63, 3.8) is 0 Å². The third-order valence-electron chi connectivity index (χ3n) is 5.99. The molecule has 1 aliphatic heterocycles. The van der Waals surface area contributed by atoms with E-state index in [9.17, 15) is 24.7 Å². The highest BCUT2D eigenvalue weighted by Gasteiger charge is 2.57. The van der Waals surface area contributed by atoms with E-state index in [-0.39, 0.29) is 23.0 Å². The van der Waals surface area contributed by atoms with Crippen molar-refractivity contribution in [3.05, 3.63) is 51.7 Å². The normalized spacial score (nSPS) is 25.2. The summed E-state index contributed by atoms with van der Waals surface area (Å²) in [6.45, 7) is 5.63. The molecule has 0 bridgehead atoms. The van der Waals surface area contributed by atoms with Crippen LogP contribution in [0.25, 0.3) is 5.52 Å². The van der Waals surface area contributed by atoms with Gasteiger partial charge in [0, 0.05) is 5.02 Å². The Balaban J connectivity index is 1.56. The number of fused-ring (bicyclic) bond motifs is 1. The molecule has 7 N–H and O–H groups in total. The molecule has 17 heteroatoms. The maximum absolute atomic E-state index is 12.4. The highest BCUT2D eigenvalue weighted by Crippen LogP contribution is 2.54. The molecule has 1 aromatic carbocycles. The summed E-state index contributed by atoms with van der Waals surface area (Å²) in [5.41, 5.74) is 3.21. The van der Waals surface area contributed by atoms with E-state index in [1.165, 1.54) is 44.3 Å². The molecule has 1 saturated heterocycles. The standard InChI is InChI=1S/C23H30ClN6O9P/c1-11(2)37-21(33)12(3)29-40(35,39-14-7-5-13(24)6-8-14)36-10-16-17(31)23(4,34)18(38-16)19-26-9-15-20(32)27-22(25)28-30(15)19/h5-9,11-12,16-18,29,31,34-35H,10H2,1-4H3,(H2-,25,27,28,32)/p+1/t12-,16+,17?,18-,23+,40?/m0/s1. The zero-order valence-electron chi connectivity index (χ0n) is 22.0. The van der Waals surface area contributed by atoms with Gasteiger partial charge in [0.2, 0.25) is 5.95 Å². The number of rotatable bonds is 10. The van der Waals surface area contributed by atoms with Gasteiger partial charge < -0.3 is 25.4 Å². The van der Waals surface area contributed by atoms with Crippen LogP contribution in [0.4, 0.5) is 5.95 Å². The van der Waals surface area contributed by atoms with Crippen LogP contribution in [-0.4, -0.2) is 77.2 Å². The van der Waals surface area contributed by atoms with Crippen LogP contribution in [0.5, 0.6) is 5.75 Å². The summed E-state index contributed by atoms with van der Waals surface area (Å²) >= 11 is 5.93. The average molecular weight is 602 g/mol. The van der Waals surface area contributed by atoms with E-state index in [1.54, 1.807) is 13.8 Å². The SMILES string of the molecule is CC(C)OC(=O)[C@H](C)N[P+](O)(OC[C@H]1O[C@@H](c2ncc3c(=O)[nH]c(N)nn23)[C@](C)(O)C1O)Oc1ccc(Cl)cc1. The molecule has 0 spiro atoms. The van der Waals surface area contributed by atoms with E-state index < -0.39 is 62.3 Å². The van der Waals surface area contributed by atoms with Crippen molar-refractivity contribution in [2.24, 2.45) is 0 Å². The lowest BCUT2D eigenvalue weighted by Crippen LogP contribution is -2.44. The molecule has 0 saturated carbocycles. The van der Waals surface area contributed by atoms with Crippen LogP contribution in [0, 0.1) is 0 Å². The van der Waals surface area contributed by atoms with E-state index in [0.29, 0.717) is 5.02 Å². The van der Waals surface area contributed by atoms with Gasteiger partial charge >= 0.3 is 14.1 Å². The highest BCUT2D eigenvalue weighted by atomic mass is 35.5. The number of hydrogen-bond donors (Lipinski definition) is 6. The van der Waals surface area contributed by atoms with Gasteiger partial charge in [0.15, 0.2) is 17.1 Å². The van der Waals surface area contributed by atoms with Gasteiger partial charge in [0.1, 0.15) is 36.6 Å². The maximum atomic E-state index is 12.4. The van der Waals surface area contributed by atoms with Crippen molar-refractivity contribution in [1.29, 1.82) is 0 Å². The lowest BCUT2D eigenvalue weighted by atomic mass is 9.92. The first kappa shape index (κ1) is 30.1. The van der Waals surface area contributed by atoms with Crippen LogP contribution < -0.4 is 20.9 Å². The summed E-state index contributed by atoms with van der Waals surface area (Å²) < 4.78 is 23.6. The first-order chi connectivity index (χ1) is 18.7. The Morgan fingerprint density at radius 3 is 2.67 bits per heavy atom. The third-order valence-corrected chi connectivity index (χ3v) is 7.92. The Kier molecular flexibility index (Phi) is 8.68. The van der Waals surface area contributed by atoms with Crippen molar-refractivity contribution < 1.29 is 38.4 Å². The number of nitrogen functional groups attached to an aromatic ring is 1. The number of esters is 1. The van der Waals surface area contributed by atoms with E-state index in [2.05, 4.69) is 20.2 Å². The van der Waals surface area contributed by atoms with Crippen LogP contribution in [0.3, 0.4) is 0 Å². The summed E-state index contributed by atoms with van der Waals surface area (Å²) in [7, 11) is -4.07. The zero-order chi connectivity index (χ0) is 29.4. The number of nitrogens with one attached hydrogen (secondary N) is 2. The maximum Gasteiger partial charge on any atom is 0.544 e. The summed E-state index contributed by atoms with van der Waals surface area (Å²) in [5.74, 6) is -0.678. The first-order valence-corrected chi connectivity index (χ1v) is 14.1. The number of aromatic nitrogens is 4. The van der Waals surface area contributed by atoms with E-state index >= 15 is 0 Å². The van der Waals surface area contributed by atoms with Crippen molar-refractivity contribution in [1.82, 2.24) is 24.7 Å². The molecule has 15 nitrogen and oxygen atoms in total. The number of benzene rings is 1.